The molecular weight excluding hydrogens is 216 g/mol. The van der Waals surface area contributed by atoms with Crippen molar-refractivity contribution in [1.29, 1.82) is 0 Å². The first kappa shape index (κ1) is 11.9. The third-order valence-corrected chi connectivity index (χ3v) is 2.87. The first-order valence-electron chi connectivity index (χ1n) is 5.75. The summed E-state index contributed by atoms with van der Waals surface area (Å²) in [4.78, 5) is 11.7. The minimum Gasteiger partial charge on any atom is -0.408 e. The number of aromatic nitrogens is 1. The maximum absolute atomic E-state index is 11.7. The van der Waals surface area contributed by atoms with Crippen LogP contribution in [0, 0.1) is 0 Å². The van der Waals surface area contributed by atoms with E-state index in [2.05, 4.69) is 0 Å². The van der Waals surface area contributed by atoms with Crippen LogP contribution in [0.3, 0.4) is 0 Å². The Labute approximate surface area is 100 Å². The van der Waals surface area contributed by atoms with E-state index in [-0.39, 0.29) is 11.8 Å². The highest BCUT2D eigenvalue weighted by atomic mass is 16.4. The van der Waals surface area contributed by atoms with Gasteiger partial charge in [-0.3, -0.25) is 4.57 Å². The topological polar surface area (TPSA) is 61.2 Å². The third-order valence-electron chi connectivity index (χ3n) is 2.87. The van der Waals surface area contributed by atoms with Gasteiger partial charge in [-0.2, -0.15) is 0 Å². The Bertz CT molecular complexity index is 600. The fraction of sp³-hybridized carbons (Fsp3) is 0.462. The molecule has 17 heavy (non-hydrogen) atoms. The van der Waals surface area contributed by atoms with Crippen molar-refractivity contribution >= 4 is 11.1 Å². The standard InChI is InChI=1S/C13H18N2O2/c1-8(2)15-10-7-9(13(3,4)14)5-6-11(10)17-12(15)16/h5-8H,14H2,1-4H3. The lowest BCUT2D eigenvalue weighted by atomic mass is 9.95. The average molecular weight is 234 g/mol. The number of hydrogen-bond donors (Lipinski definition) is 1. The van der Waals surface area contributed by atoms with Gasteiger partial charge in [0.25, 0.3) is 0 Å². The van der Waals surface area contributed by atoms with Gasteiger partial charge in [0.05, 0.1) is 5.52 Å². The number of nitrogens with zero attached hydrogens (tertiary/aromatic N) is 1. The Morgan fingerprint density at radius 3 is 2.53 bits per heavy atom. The normalized spacial score (nSPS) is 12.6. The second kappa shape index (κ2) is 3.74. The number of rotatable bonds is 2. The van der Waals surface area contributed by atoms with Crippen LogP contribution in [0.1, 0.15) is 39.3 Å². The molecule has 0 aliphatic heterocycles. The molecule has 0 atom stereocenters. The van der Waals surface area contributed by atoms with Crippen LogP contribution in [-0.2, 0) is 5.54 Å². The van der Waals surface area contributed by atoms with Gasteiger partial charge in [0.1, 0.15) is 0 Å². The van der Waals surface area contributed by atoms with Gasteiger partial charge in [0.15, 0.2) is 5.58 Å². The number of nitrogens with two attached hydrogens (primary N) is 1. The molecule has 4 nitrogen and oxygen atoms in total. The van der Waals surface area contributed by atoms with Crippen LogP contribution < -0.4 is 11.5 Å². The van der Waals surface area contributed by atoms with Gasteiger partial charge in [0, 0.05) is 11.6 Å². The zero-order valence-electron chi connectivity index (χ0n) is 10.7. The molecule has 1 heterocycles. The molecule has 0 aliphatic rings. The molecule has 4 heteroatoms. The summed E-state index contributed by atoms with van der Waals surface area (Å²) in [6, 6.07) is 5.70. The van der Waals surface area contributed by atoms with Crippen LogP contribution in [0.4, 0.5) is 0 Å². The molecule has 0 aliphatic carbocycles. The summed E-state index contributed by atoms with van der Waals surface area (Å²) in [5.41, 5.74) is 8.04. The first-order valence-corrected chi connectivity index (χ1v) is 5.75. The van der Waals surface area contributed by atoms with Gasteiger partial charge in [0.2, 0.25) is 0 Å². The van der Waals surface area contributed by atoms with E-state index in [4.69, 9.17) is 10.2 Å². The van der Waals surface area contributed by atoms with Crippen molar-refractivity contribution in [3.63, 3.8) is 0 Å². The van der Waals surface area contributed by atoms with E-state index in [1.165, 1.54) is 0 Å². The summed E-state index contributed by atoms with van der Waals surface area (Å²) in [5.74, 6) is -0.318. The zero-order valence-corrected chi connectivity index (χ0v) is 10.7. The number of benzene rings is 1. The van der Waals surface area contributed by atoms with E-state index in [1.54, 1.807) is 10.6 Å². The predicted octanol–water partition coefficient (Wildman–Crippen LogP) is 2.37. The summed E-state index contributed by atoms with van der Waals surface area (Å²) >= 11 is 0. The van der Waals surface area contributed by atoms with Crippen LogP contribution >= 0.6 is 0 Å². The molecular formula is C13H18N2O2. The van der Waals surface area contributed by atoms with Gasteiger partial charge in [-0.05, 0) is 45.4 Å². The highest BCUT2D eigenvalue weighted by molar-refractivity contribution is 5.74. The quantitative estimate of drug-likeness (QED) is 0.867. The van der Waals surface area contributed by atoms with Crippen molar-refractivity contribution in [3.05, 3.63) is 34.3 Å². The van der Waals surface area contributed by atoms with E-state index >= 15 is 0 Å². The summed E-state index contributed by atoms with van der Waals surface area (Å²) in [6.07, 6.45) is 0. The van der Waals surface area contributed by atoms with E-state index in [0.717, 1.165) is 11.1 Å². The lowest BCUT2D eigenvalue weighted by Gasteiger charge is -2.19. The van der Waals surface area contributed by atoms with E-state index < -0.39 is 5.54 Å². The Morgan fingerprint density at radius 2 is 2.00 bits per heavy atom. The van der Waals surface area contributed by atoms with Gasteiger partial charge >= 0.3 is 5.76 Å². The predicted molar refractivity (Wildman–Crippen MR) is 68.1 cm³/mol. The van der Waals surface area contributed by atoms with Crippen LogP contribution in [0.2, 0.25) is 0 Å². The molecule has 2 aromatic rings. The second-order valence-electron chi connectivity index (χ2n) is 5.24. The summed E-state index contributed by atoms with van der Waals surface area (Å²) in [7, 11) is 0. The van der Waals surface area contributed by atoms with Crippen molar-refractivity contribution < 1.29 is 4.42 Å². The molecule has 0 unspecified atom stereocenters. The molecule has 0 saturated heterocycles. The molecule has 0 radical (unpaired) electrons. The second-order valence-corrected chi connectivity index (χ2v) is 5.24. The third kappa shape index (κ3) is 2.00. The SMILES string of the molecule is CC(C)n1c(=O)oc2ccc(C(C)(C)N)cc21. The molecule has 0 bridgehead atoms. The number of oxazole rings is 1. The minimum atomic E-state index is -0.427. The van der Waals surface area contributed by atoms with E-state index in [1.807, 2.05) is 39.8 Å². The molecule has 0 fully saturated rings. The van der Waals surface area contributed by atoms with E-state index in [9.17, 15) is 4.79 Å². The molecule has 1 aromatic heterocycles. The molecule has 2 rings (SSSR count). The van der Waals surface area contributed by atoms with Crippen LogP contribution in [0.25, 0.3) is 11.1 Å². The maximum Gasteiger partial charge on any atom is 0.420 e. The smallest absolute Gasteiger partial charge is 0.408 e. The lowest BCUT2D eigenvalue weighted by Crippen LogP contribution is -2.28. The average Bonchev–Trinajstić information content (AvgIpc) is 2.50. The summed E-state index contributed by atoms with van der Waals surface area (Å²) < 4.78 is 6.84. The van der Waals surface area contributed by atoms with Crippen molar-refractivity contribution in [2.45, 2.75) is 39.3 Å². The number of hydrogen-bond acceptors (Lipinski definition) is 3. The summed E-state index contributed by atoms with van der Waals surface area (Å²) in [6.45, 7) is 7.78. The minimum absolute atomic E-state index is 0.0693. The van der Waals surface area contributed by atoms with Crippen molar-refractivity contribution in [2.24, 2.45) is 5.73 Å². The van der Waals surface area contributed by atoms with Gasteiger partial charge in [-0.15, -0.1) is 0 Å². The maximum atomic E-state index is 11.7. The first-order chi connectivity index (χ1) is 7.80. The molecule has 1 aromatic carbocycles. The highest BCUT2D eigenvalue weighted by Gasteiger charge is 2.18. The van der Waals surface area contributed by atoms with Crippen LogP contribution in [-0.4, -0.2) is 4.57 Å². The highest BCUT2D eigenvalue weighted by Crippen LogP contribution is 2.23. The Hall–Kier alpha value is -1.55. The van der Waals surface area contributed by atoms with Crippen molar-refractivity contribution in [3.8, 4) is 0 Å². The Kier molecular flexibility index (Phi) is 2.62. The molecule has 0 saturated carbocycles. The van der Waals surface area contributed by atoms with Crippen LogP contribution in [0.15, 0.2) is 27.4 Å². The Balaban J connectivity index is 2.76. The van der Waals surface area contributed by atoms with E-state index in [0.29, 0.717) is 5.58 Å². The lowest BCUT2D eigenvalue weighted by molar-refractivity contribution is 0.478. The molecule has 0 amide bonds. The van der Waals surface area contributed by atoms with Gasteiger partial charge in [-0.1, -0.05) is 6.07 Å². The molecule has 2 N–H and O–H groups in total. The van der Waals surface area contributed by atoms with Crippen molar-refractivity contribution in [1.82, 2.24) is 4.57 Å². The Morgan fingerprint density at radius 1 is 1.35 bits per heavy atom. The number of fused-ring (bicyclic) bond motifs is 1. The monoisotopic (exact) mass is 234 g/mol. The fourth-order valence-electron chi connectivity index (χ4n) is 1.92. The van der Waals surface area contributed by atoms with Gasteiger partial charge < -0.3 is 10.2 Å². The summed E-state index contributed by atoms with van der Waals surface area (Å²) in [5, 5.41) is 0. The molecule has 0 spiro atoms. The largest absolute Gasteiger partial charge is 0.420 e. The molecule has 92 valence electrons. The van der Waals surface area contributed by atoms with Gasteiger partial charge in [-0.25, -0.2) is 4.79 Å². The van der Waals surface area contributed by atoms with Crippen molar-refractivity contribution in [2.75, 3.05) is 0 Å². The van der Waals surface area contributed by atoms with Crippen LogP contribution in [0.5, 0.6) is 0 Å². The fourth-order valence-corrected chi connectivity index (χ4v) is 1.92. The zero-order chi connectivity index (χ0) is 12.8.